The van der Waals surface area contributed by atoms with E-state index in [1.165, 1.54) is 17.7 Å². The van der Waals surface area contributed by atoms with E-state index < -0.39 is 23.5 Å². The van der Waals surface area contributed by atoms with E-state index >= 15 is 0 Å². The van der Waals surface area contributed by atoms with E-state index in [4.69, 9.17) is 4.98 Å². The number of alkyl halides is 6. The fraction of sp³-hybridized carbons (Fsp3) is 0.556. The minimum absolute atomic E-state index is 0.0660. The van der Waals surface area contributed by atoms with Crippen molar-refractivity contribution in [2.24, 2.45) is 5.92 Å². The van der Waals surface area contributed by atoms with Crippen LogP contribution >= 0.6 is 0 Å². The van der Waals surface area contributed by atoms with Crippen LogP contribution in [0.1, 0.15) is 72.5 Å². The predicted octanol–water partition coefficient (Wildman–Crippen LogP) is 6.34. The Morgan fingerprint density at radius 3 is 2.17 bits per heavy atom. The largest absolute Gasteiger partial charge is 0.416 e. The van der Waals surface area contributed by atoms with Crippen molar-refractivity contribution in [3.8, 4) is 0 Å². The summed E-state index contributed by atoms with van der Waals surface area (Å²) in [5, 5.41) is 13.9. The van der Waals surface area contributed by atoms with Crippen LogP contribution in [0.15, 0.2) is 24.3 Å². The van der Waals surface area contributed by atoms with Crippen LogP contribution in [-0.4, -0.2) is 38.7 Å². The van der Waals surface area contributed by atoms with Crippen molar-refractivity contribution in [2.45, 2.75) is 77.3 Å². The third kappa shape index (κ3) is 6.33. The first kappa shape index (κ1) is 28.2. The molecule has 0 bridgehead atoms. The summed E-state index contributed by atoms with van der Waals surface area (Å²) in [6, 6.07) is 3.68. The van der Waals surface area contributed by atoms with Gasteiger partial charge in [-0.15, -0.1) is 5.10 Å². The normalized spacial score (nSPS) is 16.0. The highest BCUT2D eigenvalue weighted by atomic mass is 19.4. The van der Waals surface area contributed by atoms with E-state index in [-0.39, 0.29) is 30.7 Å². The van der Waals surface area contributed by atoms with Gasteiger partial charge in [-0.2, -0.15) is 31.6 Å². The lowest BCUT2D eigenvalue weighted by Gasteiger charge is -2.30. The Morgan fingerprint density at radius 1 is 0.875 bits per heavy atom. The van der Waals surface area contributed by atoms with E-state index in [9.17, 15) is 26.3 Å². The molecule has 0 spiro atoms. The number of anilines is 2. The number of nitrogens with zero attached hydrogens (tertiary/aromatic N) is 6. The lowest BCUT2D eigenvalue weighted by molar-refractivity contribution is -0.143. The number of aryl methyl sites for hydroxylation is 2. The summed E-state index contributed by atoms with van der Waals surface area (Å²) >= 11 is 0. The van der Waals surface area contributed by atoms with E-state index in [0.717, 1.165) is 80.0 Å². The maximum Gasteiger partial charge on any atom is 0.416 e. The second-order valence-electron chi connectivity index (χ2n) is 10.6. The van der Waals surface area contributed by atoms with Crippen LogP contribution in [0.5, 0.6) is 0 Å². The van der Waals surface area contributed by atoms with E-state index in [0.29, 0.717) is 5.92 Å². The van der Waals surface area contributed by atoms with Crippen molar-refractivity contribution in [1.82, 2.24) is 25.6 Å². The van der Waals surface area contributed by atoms with Gasteiger partial charge in [0.1, 0.15) is 5.82 Å². The minimum Gasteiger partial charge on any atom is -0.356 e. The van der Waals surface area contributed by atoms with Gasteiger partial charge in [-0.05, 0) is 85.6 Å². The Morgan fingerprint density at radius 2 is 1.57 bits per heavy atom. The lowest BCUT2D eigenvalue weighted by Crippen LogP contribution is -2.32. The fourth-order valence-electron chi connectivity index (χ4n) is 5.79. The molecule has 7 nitrogen and oxygen atoms in total. The van der Waals surface area contributed by atoms with Crippen molar-refractivity contribution in [3.05, 3.63) is 57.8 Å². The molecule has 0 aliphatic heterocycles. The van der Waals surface area contributed by atoms with Crippen molar-refractivity contribution in [1.29, 1.82) is 0 Å². The molecular formula is C27H31F6N7. The summed E-state index contributed by atoms with van der Waals surface area (Å²) in [6.45, 7) is 3.47. The second kappa shape index (κ2) is 11.2. The maximum absolute atomic E-state index is 13.5. The summed E-state index contributed by atoms with van der Waals surface area (Å²) in [5.74, 6) is 1.42. The molecule has 0 atom stereocenters. The molecule has 2 heterocycles. The third-order valence-electron chi connectivity index (χ3n) is 7.74. The van der Waals surface area contributed by atoms with Crippen LogP contribution in [0.3, 0.4) is 0 Å². The molecule has 0 saturated heterocycles. The number of aromatic nitrogens is 5. The Balaban J connectivity index is 1.52. The molecular weight excluding hydrogens is 536 g/mol. The molecule has 216 valence electrons. The average Bonchev–Trinajstić information content (AvgIpc) is 3.68. The van der Waals surface area contributed by atoms with Gasteiger partial charge in [-0.1, -0.05) is 17.9 Å². The van der Waals surface area contributed by atoms with Gasteiger partial charge in [0.2, 0.25) is 0 Å². The number of rotatable bonds is 9. The smallest absolute Gasteiger partial charge is 0.356 e. The highest BCUT2D eigenvalue weighted by molar-refractivity contribution is 5.53. The zero-order chi connectivity index (χ0) is 28.5. The molecule has 1 saturated carbocycles. The molecule has 1 N–H and O–H groups in total. The van der Waals surface area contributed by atoms with Crippen LogP contribution < -0.4 is 9.80 Å². The number of hydrogen-bond acceptors (Lipinski definition) is 6. The van der Waals surface area contributed by atoms with Gasteiger partial charge in [-0.25, -0.2) is 4.98 Å². The monoisotopic (exact) mass is 567 g/mol. The van der Waals surface area contributed by atoms with Crippen LogP contribution in [0, 0.1) is 5.92 Å². The zero-order valence-electron chi connectivity index (χ0n) is 22.1. The molecule has 2 aliphatic carbocycles. The molecule has 13 heteroatoms. The number of benzene rings is 1. The fourth-order valence-corrected chi connectivity index (χ4v) is 5.79. The van der Waals surface area contributed by atoms with Crippen molar-refractivity contribution in [3.63, 3.8) is 0 Å². The zero-order valence-corrected chi connectivity index (χ0v) is 22.1. The molecule has 2 aliphatic rings. The third-order valence-corrected chi connectivity index (χ3v) is 7.74. The molecule has 0 radical (unpaired) electrons. The molecule has 40 heavy (non-hydrogen) atoms. The summed E-state index contributed by atoms with van der Waals surface area (Å²) in [4.78, 5) is 8.81. The number of aromatic amines is 1. The summed E-state index contributed by atoms with van der Waals surface area (Å²) in [6.07, 6.45) is -2.43. The lowest BCUT2D eigenvalue weighted by atomic mass is 10.0. The standard InChI is InChI=1S/C27H31F6N7/c1-2-39(14-17-6-3-4-7-17)24-20(12-19-8-5-9-23(19)34-24)16-40(25-35-37-38-36-25)15-18-10-21(26(28,29)30)13-22(11-18)27(31,32)33/h10-13,17H,2-9,14-16H2,1H3,(H,35,36,37,38). The first-order valence-electron chi connectivity index (χ1n) is 13.5. The van der Waals surface area contributed by atoms with Gasteiger partial charge in [0, 0.05) is 37.4 Å². The number of nitrogens with one attached hydrogen (secondary N) is 1. The number of halogens is 6. The SMILES string of the molecule is CCN(CC1CCCC1)c1nc2c(cc1CN(Cc1cc(C(F)(F)F)cc(C(F)(F)F)c1)c1nn[nH]n1)CCC2. The number of hydrogen-bond donors (Lipinski definition) is 1. The molecule has 1 aromatic carbocycles. The number of pyridine rings is 1. The van der Waals surface area contributed by atoms with Gasteiger partial charge < -0.3 is 9.80 Å². The van der Waals surface area contributed by atoms with Gasteiger partial charge in [0.25, 0.3) is 5.95 Å². The molecule has 0 amide bonds. The minimum atomic E-state index is -4.94. The number of H-pyrrole nitrogens is 1. The van der Waals surface area contributed by atoms with Gasteiger partial charge in [0.05, 0.1) is 11.1 Å². The summed E-state index contributed by atoms with van der Waals surface area (Å²) in [5.41, 5.74) is 0.0943. The van der Waals surface area contributed by atoms with Gasteiger partial charge in [-0.3, -0.25) is 0 Å². The number of tetrazole rings is 1. The van der Waals surface area contributed by atoms with Crippen LogP contribution in [-0.2, 0) is 38.3 Å². The summed E-state index contributed by atoms with van der Waals surface area (Å²) in [7, 11) is 0. The maximum atomic E-state index is 13.5. The van der Waals surface area contributed by atoms with Crippen molar-refractivity contribution in [2.75, 3.05) is 22.9 Å². The molecule has 0 unspecified atom stereocenters. The highest BCUT2D eigenvalue weighted by Crippen LogP contribution is 2.37. The average molecular weight is 568 g/mol. The quantitative estimate of drug-likeness (QED) is 0.304. The Labute approximate surface area is 228 Å². The van der Waals surface area contributed by atoms with E-state index in [1.807, 2.05) is 0 Å². The molecule has 1 fully saturated rings. The number of fused-ring (bicyclic) bond motifs is 1. The van der Waals surface area contributed by atoms with Crippen LogP contribution in [0.2, 0.25) is 0 Å². The van der Waals surface area contributed by atoms with Gasteiger partial charge >= 0.3 is 12.4 Å². The Hall–Kier alpha value is -3.38. The first-order valence-corrected chi connectivity index (χ1v) is 13.5. The van der Waals surface area contributed by atoms with E-state index in [1.54, 1.807) is 0 Å². The molecule has 3 aromatic rings. The van der Waals surface area contributed by atoms with E-state index in [2.05, 4.69) is 38.5 Å². The Kier molecular flexibility index (Phi) is 7.92. The van der Waals surface area contributed by atoms with Crippen LogP contribution in [0.25, 0.3) is 0 Å². The van der Waals surface area contributed by atoms with Gasteiger partial charge in [0.15, 0.2) is 0 Å². The van der Waals surface area contributed by atoms with Crippen molar-refractivity contribution < 1.29 is 26.3 Å². The Bertz CT molecular complexity index is 1270. The summed E-state index contributed by atoms with van der Waals surface area (Å²) < 4.78 is 81.2. The first-order chi connectivity index (χ1) is 19.0. The highest BCUT2D eigenvalue weighted by Gasteiger charge is 2.37. The van der Waals surface area contributed by atoms with Crippen LogP contribution in [0.4, 0.5) is 38.1 Å². The second-order valence-corrected chi connectivity index (χ2v) is 10.6. The van der Waals surface area contributed by atoms with Crippen molar-refractivity contribution >= 4 is 11.8 Å². The predicted molar refractivity (Wildman–Crippen MR) is 137 cm³/mol. The topological polar surface area (TPSA) is 73.8 Å². The molecule has 2 aromatic heterocycles. The molecule has 5 rings (SSSR count).